The van der Waals surface area contributed by atoms with Gasteiger partial charge in [0.2, 0.25) is 0 Å². The van der Waals surface area contributed by atoms with Gasteiger partial charge >= 0.3 is 5.97 Å². The summed E-state index contributed by atoms with van der Waals surface area (Å²) in [6, 6.07) is 1.77. The van der Waals surface area contributed by atoms with Crippen LogP contribution in [-0.2, 0) is 16.1 Å². The summed E-state index contributed by atoms with van der Waals surface area (Å²) < 4.78 is 8.00. The first kappa shape index (κ1) is 13.8. The normalized spacial score (nSPS) is 9.94. The number of carbonyl (C=O) groups excluding carboxylic acids is 1. The van der Waals surface area contributed by atoms with E-state index in [1.807, 2.05) is 10.8 Å². The van der Waals surface area contributed by atoms with Crippen LogP contribution in [0.15, 0.2) is 24.4 Å². The number of aromatic nitrogens is 2. The molecule has 1 aromatic heterocycles. The molecule has 4 nitrogen and oxygen atoms in total. The predicted octanol–water partition coefficient (Wildman–Crippen LogP) is 2.78. The number of nitrogens with one attached hydrogen (secondary N) is 1. The zero-order valence-corrected chi connectivity index (χ0v) is 11.2. The number of H-pyrrole nitrogens is 1. The van der Waals surface area contributed by atoms with Crippen molar-refractivity contribution in [3.63, 3.8) is 0 Å². The van der Waals surface area contributed by atoms with Crippen molar-refractivity contribution in [2.24, 2.45) is 0 Å². The van der Waals surface area contributed by atoms with E-state index in [4.69, 9.17) is 29.2 Å². The summed E-state index contributed by atoms with van der Waals surface area (Å²) in [6.07, 6.45) is 2.51. The third-order valence-corrected chi connectivity index (χ3v) is 2.60. The maximum atomic E-state index is 11.1. The first-order chi connectivity index (χ1) is 8.00. The number of hydrogen-bond donors (Lipinski definition) is 1. The fourth-order valence-electron chi connectivity index (χ4n) is 1.14. The Labute approximate surface area is 110 Å². The van der Waals surface area contributed by atoms with Crippen molar-refractivity contribution in [1.82, 2.24) is 9.55 Å². The quantitative estimate of drug-likeness (QED) is 0.387. The smallest absolute Gasteiger partial charge is 0.333 e. The highest BCUT2D eigenvalue weighted by molar-refractivity contribution is 7.72. The van der Waals surface area contributed by atoms with E-state index in [1.165, 1.54) is 0 Å². The van der Waals surface area contributed by atoms with Crippen LogP contribution >= 0.6 is 24.4 Å². The number of nitrogens with zero attached hydrogens (tertiary/aromatic N) is 1. The van der Waals surface area contributed by atoms with E-state index in [0.717, 1.165) is 0 Å². The minimum absolute atomic E-state index is 0.350. The fourth-order valence-corrected chi connectivity index (χ4v) is 1.63. The molecular weight excluding hydrogens is 256 g/mol. The first-order valence-electron chi connectivity index (χ1n) is 5.13. The Morgan fingerprint density at radius 3 is 2.88 bits per heavy atom. The van der Waals surface area contributed by atoms with E-state index in [0.29, 0.717) is 34.6 Å². The second kappa shape index (κ2) is 6.46. The van der Waals surface area contributed by atoms with Crippen LogP contribution in [0.1, 0.15) is 13.3 Å². The Bertz CT molecular complexity index is 531. The SMILES string of the molecule is C=C(C)C(=O)OCCCn1ccc(=S)[nH]c1=S. The molecule has 1 heterocycles. The highest BCUT2D eigenvalue weighted by Gasteiger charge is 2.02. The lowest BCUT2D eigenvalue weighted by atomic mass is 10.3. The molecule has 1 N–H and O–H groups in total. The molecule has 0 amide bonds. The zero-order valence-electron chi connectivity index (χ0n) is 9.56. The second-order valence-electron chi connectivity index (χ2n) is 3.57. The van der Waals surface area contributed by atoms with E-state index in [2.05, 4.69) is 11.6 Å². The molecule has 0 unspecified atom stereocenters. The molecule has 0 saturated carbocycles. The summed E-state index contributed by atoms with van der Waals surface area (Å²) in [7, 11) is 0. The molecule has 17 heavy (non-hydrogen) atoms. The van der Waals surface area contributed by atoms with E-state index in [1.54, 1.807) is 13.0 Å². The molecule has 0 radical (unpaired) electrons. The van der Waals surface area contributed by atoms with Crippen LogP contribution in [0.2, 0.25) is 0 Å². The van der Waals surface area contributed by atoms with Crippen molar-refractivity contribution in [1.29, 1.82) is 0 Å². The number of hydrogen-bond acceptors (Lipinski definition) is 4. The summed E-state index contributed by atoms with van der Waals surface area (Å²) in [5.74, 6) is -0.360. The van der Waals surface area contributed by atoms with Crippen LogP contribution in [0.4, 0.5) is 0 Å². The van der Waals surface area contributed by atoms with Gasteiger partial charge in [-0.3, -0.25) is 0 Å². The van der Waals surface area contributed by atoms with E-state index < -0.39 is 0 Å². The molecule has 0 spiro atoms. The fraction of sp³-hybridized carbons (Fsp3) is 0.364. The second-order valence-corrected chi connectivity index (χ2v) is 4.40. The Morgan fingerprint density at radius 1 is 1.59 bits per heavy atom. The number of carbonyl (C=O) groups is 1. The molecule has 92 valence electrons. The van der Waals surface area contributed by atoms with Crippen molar-refractivity contribution in [3.05, 3.63) is 33.8 Å². The number of aromatic amines is 1. The van der Waals surface area contributed by atoms with E-state index in [9.17, 15) is 4.79 Å². The highest BCUT2D eigenvalue weighted by atomic mass is 32.1. The number of aryl methyl sites for hydroxylation is 1. The van der Waals surface area contributed by atoms with Gasteiger partial charge in [-0.05, 0) is 31.6 Å². The summed E-state index contributed by atoms with van der Waals surface area (Å²) in [6.45, 7) is 6.15. The molecular formula is C11H14N2O2S2. The van der Waals surface area contributed by atoms with Crippen LogP contribution in [-0.4, -0.2) is 22.1 Å². The van der Waals surface area contributed by atoms with Crippen molar-refractivity contribution in [2.45, 2.75) is 19.9 Å². The van der Waals surface area contributed by atoms with E-state index in [-0.39, 0.29) is 5.97 Å². The van der Waals surface area contributed by atoms with Gasteiger partial charge < -0.3 is 14.3 Å². The predicted molar refractivity (Wildman–Crippen MR) is 70.8 cm³/mol. The van der Waals surface area contributed by atoms with Gasteiger partial charge in [0.1, 0.15) is 4.64 Å². The molecule has 0 aliphatic heterocycles. The molecule has 1 rings (SSSR count). The molecule has 0 atom stereocenters. The summed E-state index contributed by atoms with van der Waals surface area (Å²) in [4.78, 5) is 14.0. The topological polar surface area (TPSA) is 47.0 Å². The molecule has 0 aliphatic rings. The van der Waals surface area contributed by atoms with Crippen molar-refractivity contribution in [2.75, 3.05) is 6.61 Å². The van der Waals surface area contributed by atoms with Gasteiger partial charge in [0, 0.05) is 18.3 Å². The molecule has 1 aromatic rings. The van der Waals surface area contributed by atoms with Gasteiger partial charge in [-0.1, -0.05) is 18.8 Å². The highest BCUT2D eigenvalue weighted by Crippen LogP contribution is 1.97. The Hall–Kier alpha value is -1.27. The van der Waals surface area contributed by atoms with Crippen LogP contribution in [0.5, 0.6) is 0 Å². The largest absolute Gasteiger partial charge is 0.462 e. The van der Waals surface area contributed by atoms with Gasteiger partial charge in [-0.25, -0.2) is 4.79 Å². The number of ether oxygens (including phenoxy) is 1. The number of rotatable bonds is 5. The van der Waals surface area contributed by atoms with Crippen molar-refractivity contribution < 1.29 is 9.53 Å². The lowest BCUT2D eigenvalue weighted by Gasteiger charge is -2.07. The maximum absolute atomic E-state index is 11.1. The van der Waals surface area contributed by atoms with Crippen molar-refractivity contribution in [3.8, 4) is 0 Å². The monoisotopic (exact) mass is 270 g/mol. The lowest BCUT2D eigenvalue weighted by Crippen LogP contribution is -2.09. The van der Waals surface area contributed by atoms with Crippen LogP contribution in [0, 0.1) is 9.41 Å². The summed E-state index contributed by atoms with van der Waals surface area (Å²) in [5, 5.41) is 0. The van der Waals surface area contributed by atoms with Gasteiger partial charge in [0.15, 0.2) is 4.77 Å². The third kappa shape index (κ3) is 4.62. The summed E-state index contributed by atoms with van der Waals surface area (Å²) in [5.41, 5.74) is 0.408. The Kier molecular flexibility index (Phi) is 5.24. The molecule has 0 fully saturated rings. The van der Waals surface area contributed by atoms with Gasteiger partial charge in [-0.2, -0.15) is 0 Å². The standard InChI is InChI=1S/C11H14N2O2S2/c1-8(2)10(14)15-7-3-5-13-6-4-9(16)12-11(13)17/h4,6H,1,3,5,7H2,2H3,(H,12,16,17). The summed E-state index contributed by atoms with van der Waals surface area (Å²) >= 11 is 10.0. The molecule has 0 saturated heterocycles. The minimum Gasteiger partial charge on any atom is -0.462 e. The molecule has 0 aliphatic carbocycles. The Balaban J connectivity index is 2.42. The van der Waals surface area contributed by atoms with Crippen LogP contribution in [0.25, 0.3) is 0 Å². The maximum Gasteiger partial charge on any atom is 0.333 e. The Morgan fingerprint density at radius 2 is 2.29 bits per heavy atom. The molecule has 0 aromatic carbocycles. The van der Waals surface area contributed by atoms with Crippen LogP contribution in [0.3, 0.4) is 0 Å². The van der Waals surface area contributed by atoms with Gasteiger partial charge in [0.25, 0.3) is 0 Å². The van der Waals surface area contributed by atoms with Gasteiger partial charge in [0.05, 0.1) is 6.61 Å². The first-order valence-corrected chi connectivity index (χ1v) is 5.95. The number of esters is 1. The average Bonchev–Trinajstić information content (AvgIpc) is 2.26. The van der Waals surface area contributed by atoms with Gasteiger partial charge in [-0.15, -0.1) is 0 Å². The average molecular weight is 270 g/mol. The molecule has 0 bridgehead atoms. The van der Waals surface area contributed by atoms with Crippen molar-refractivity contribution >= 4 is 30.4 Å². The third-order valence-electron chi connectivity index (χ3n) is 2.02. The van der Waals surface area contributed by atoms with E-state index >= 15 is 0 Å². The van der Waals surface area contributed by atoms with Crippen LogP contribution < -0.4 is 0 Å². The lowest BCUT2D eigenvalue weighted by molar-refractivity contribution is -0.139. The molecule has 6 heteroatoms. The minimum atomic E-state index is -0.360. The zero-order chi connectivity index (χ0) is 12.8.